The summed E-state index contributed by atoms with van der Waals surface area (Å²) in [6, 6.07) is 3.05. The summed E-state index contributed by atoms with van der Waals surface area (Å²) in [5.74, 6) is -1.14. The minimum atomic E-state index is -1.48. The predicted molar refractivity (Wildman–Crippen MR) is 95.8 cm³/mol. The van der Waals surface area contributed by atoms with E-state index in [2.05, 4.69) is 0 Å². The third kappa shape index (κ3) is 4.14. The molecule has 3 N–H and O–H groups in total. The lowest BCUT2D eigenvalue weighted by Crippen LogP contribution is -2.33. The number of hydrogen-bond acceptors (Lipinski definition) is 7. The van der Waals surface area contributed by atoms with Gasteiger partial charge in [0.2, 0.25) is 0 Å². The fourth-order valence-electron chi connectivity index (χ4n) is 3.54. The second-order valence-electron chi connectivity index (χ2n) is 7.22. The SMILES string of the molecule is COc1cc(O)c2c(c1)C1CC1C[C@H](O)[C@H](O)C(=O)/C=C\C[C@H](C)OC2=O. The number of carbonyl (C=O) groups excluding carboxylic acids is 2. The number of aliphatic hydroxyl groups excluding tert-OH is 2. The van der Waals surface area contributed by atoms with Crippen LogP contribution in [0.5, 0.6) is 11.5 Å². The molecule has 1 saturated carbocycles. The second kappa shape index (κ2) is 7.70. The summed E-state index contributed by atoms with van der Waals surface area (Å²) in [5.41, 5.74) is 0.692. The molecule has 0 aromatic heterocycles. The molecule has 1 aromatic rings. The van der Waals surface area contributed by atoms with Crippen molar-refractivity contribution in [2.45, 2.75) is 50.4 Å². The Balaban J connectivity index is 1.98. The standard InChI is InChI=1S/C20H24O7/c1-10-4-3-5-15(21)19(24)17(23)7-11-6-13(11)14-8-12(26-2)9-16(22)18(14)20(25)27-10/h3,5,8-11,13,17,19,22-24H,4,6-7H2,1-2H3/b5-3-/t10-,11?,13?,17-,19+/m0/s1. The smallest absolute Gasteiger partial charge is 0.342 e. The van der Waals surface area contributed by atoms with Crippen molar-refractivity contribution in [1.29, 1.82) is 0 Å². The van der Waals surface area contributed by atoms with Crippen LogP contribution in [0.4, 0.5) is 0 Å². The monoisotopic (exact) mass is 376 g/mol. The van der Waals surface area contributed by atoms with Crippen molar-refractivity contribution in [3.05, 3.63) is 35.4 Å². The molecule has 3 rings (SSSR count). The highest BCUT2D eigenvalue weighted by Gasteiger charge is 2.44. The quantitative estimate of drug-likeness (QED) is 0.639. The van der Waals surface area contributed by atoms with Crippen molar-refractivity contribution in [3.8, 4) is 11.5 Å². The van der Waals surface area contributed by atoms with Crippen molar-refractivity contribution in [1.82, 2.24) is 0 Å². The second-order valence-corrected chi connectivity index (χ2v) is 7.22. The number of ether oxygens (including phenoxy) is 2. The molecule has 2 unspecified atom stereocenters. The van der Waals surface area contributed by atoms with E-state index in [0.29, 0.717) is 17.7 Å². The summed E-state index contributed by atoms with van der Waals surface area (Å²) in [4.78, 5) is 24.6. The van der Waals surface area contributed by atoms with E-state index < -0.39 is 30.1 Å². The average Bonchev–Trinajstić information content (AvgIpc) is 3.38. The highest BCUT2D eigenvalue weighted by atomic mass is 16.5. The van der Waals surface area contributed by atoms with Gasteiger partial charge in [0.1, 0.15) is 29.3 Å². The number of rotatable bonds is 1. The number of phenols is 1. The first kappa shape index (κ1) is 19.4. The molecule has 1 heterocycles. The zero-order valence-electron chi connectivity index (χ0n) is 15.3. The first-order valence-electron chi connectivity index (χ1n) is 9.00. The molecule has 7 heteroatoms. The molecule has 5 atom stereocenters. The van der Waals surface area contributed by atoms with Gasteiger partial charge in [-0.15, -0.1) is 0 Å². The minimum Gasteiger partial charge on any atom is -0.507 e. The molecular formula is C20H24O7. The summed E-state index contributed by atoms with van der Waals surface area (Å²) in [6.45, 7) is 1.67. The van der Waals surface area contributed by atoms with Gasteiger partial charge in [0.25, 0.3) is 0 Å². The van der Waals surface area contributed by atoms with Crippen LogP contribution < -0.4 is 4.74 Å². The maximum absolute atomic E-state index is 12.6. The first-order valence-corrected chi connectivity index (χ1v) is 9.00. The summed E-state index contributed by atoms with van der Waals surface area (Å²) >= 11 is 0. The van der Waals surface area contributed by atoms with Gasteiger partial charge in [0, 0.05) is 12.5 Å². The Morgan fingerprint density at radius 2 is 1.93 bits per heavy atom. The Morgan fingerprint density at radius 1 is 1.19 bits per heavy atom. The number of benzene rings is 1. The van der Waals surface area contributed by atoms with Gasteiger partial charge < -0.3 is 24.8 Å². The normalized spacial score (nSPS) is 32.5. The zero-order valence-corrected chi connectivity index (χ0v) is 15.3. The number of aliphatic hydroxyl groups is 2. The number of carbonyl (C=O) groups is 2. The van der Waals surface area contributed by atoms with Gasteiger partial charge in [-0.3, -0.25) is 4.79 Å². The summed E-state index contributed by atoms with van der Waals surface area (Å²) < 4.78 is 10.6. The molecule has 7 nitrogen and oxygen atoms in total. The Kier molecular flexibility index (Phi) is 5.53. The Morgan fingerprint density at radius 3 is 2.63 bits per heavy atom. The van der Waals surface area contributed by atoms with E-state index in [4.69, 9.17) is 9.47 Å². The lowest BCUT2D eigenvalue weighted by atomic mass is 9.97. The molecule has 0 amide bonds. The highest BCUT2D eigenvalue weighted by molar-refractivity contribution is 5.95. The highest BCUT2D eigenvalue weighted by Crippen LogP contribution is 2.53. The fourth-order valence-corrected chi connectivity index (χ4v) is 3.54. The van der Waals surface area contributed by atoms with Crippen molar-refractivity contribution < 1.29 is 34.4 Å². The summed E-state index contributed by atoms with van der Waals surface area (Å²) in [5, 5.41) is 30.6. The Labute approximate surface area is 157 Å². The third-order valence-corrected chi connectivity index (χ3v) is 5.14. The van der Waals surface area contributed by atoms with Gasteiger partial charge in [0.15, 0.2) is 5.78 Å². The lowest BCUT2D eigenvalue weighted by molar-refractivity contribution is -0.128. The van der Waals surface area contributed by atoms with Gasteiger partial charge in [-0.05, 0) is 49.3 Å². The number of esters is 1. The summed E-state index contributed by atoms with van der Waals surface area (Å²) in [6.07, 6.45) is 0.634. The van der Waals surface area contributed by atoms with Gasteiger partial charge >= 0.3 is 5.97 Å². The molecule has 2 aliphatic rings. The van der Waals surface area contributed by atoms with Crippen LogP contribution in [0.2, 0.25) is 0 Å². The number of aromatic hydroxyl groups is 1. The van der Waals surface area contributed by atoms with Gasteiger partial charge in [0.05, 0.1) is 13.2 Å². The number of phenolic OH excluding ortho intramolecular Hbond substituents is 1. The Bertz CT molecular complexity index is 770. The number of hydrogen-bond donors (Lipinski definition) is 3. The van der Waals surface area contributed by atoms with Gasteiger partial charge in [-0.25, -0.2) is 4.79 Å². The molecule has 1 aliphatic carbocycles. The maximum Gasteiger partial charge on any atom is 0.342 e. The first-order chi connectivity index (χ1) is 12.8. The van der Waals surface area contributed by atoms with Crippen LogP contribution in [0.15, 0.2) is 24.3 Å². The predicted octanol–water partition coefficient (Wildman–Crippen LogP) is 1.69. The van der Waals surface area contributed by atoms with Crippen molar-refractivity contribution >= 4 is 11.8 Å². The molecule has 1 aliphatic heterocycles. The van der Waals surface area contributed by atoms with Crippen LogP contribution in [0.25, 0.3) is 0 Å². The molecular weight excluding hydrogens is 352 g/mol. The number of ketones is 1. The van der Waals surface area contributed by atoms with Crippen LogP contribution in [-0.4, -0.2) is 52.5 Å². The number of methoxy groups -OCH3 is 1. The van der Waals surface area contributed by atoms with E-state index in [9.17, 15) is 24.9 Å². The minimum absolute atomic E-state index is 0.0233. The summed E-state index contributed by atoms with van der Waals surface area (Å²) in [7, 11) is 1.47. The molecule has 1 aromatic carbocycles. The molecule has 27 heavy (non-hydrogen) atoms. The molecule has 0 bridgehead atoms. The topological polar surface area (TPSA) is 113 Å². The van der Waals surface area contributed by atoms with E-state index in [-0.39, 0.29) is 36.0 Å². The molecule has 1 fully saturated rings. The van der Waals surface area contributed by atoms with E-state index in [1.807, 2.05) is 0 Å². The van der Waals surface area contributed by atoms with Gasteiger partial charge in [-0.1, -0.05) is 6.08 Å². The van der Waals surface area contributed by atoms with Crippen LogP contribution in [0.3, 0.4) is 0 Å². The zero-order chi connectivity index (χ0) is 19.7. The van der Waals surface area contributed by atoms with E-state index in [1.54, 1.807) is 13.0 Å². The van der Waals surface area contributed by atoms with Crippen molar-refractivity contribution in [3.63, 3.8) is 0 Å². The van der Waals surface area contributed by atoms with Gasteiger partial charge in [-0.2, -0.15) is 0 Å². The van der Waals surface area contributed by atoms with Crippen LogP contribution >= 0.6 is 0 Å². The Hall–Kier alpha value is -2.38. The van der Waals surface area contributed by atoms with E-state index in [1.165, 1.54) is 25.3 Å². The average molecular weight is 376 g/mol. The van der Waals surface area contributed by atoms with Crippen molar-refractivity contribution in [2.24, 2.45) is 5.92 Å². The van der Waals surface area contributed by atoms with Crippen LogP contribution in [0, 0.1) is 5.92 Å². The van der Waals surface area contributed by atoms with E-state index >= 15 is 0 Å². The maximum atomic E-state index is 12.6. The van der Waals surface area contributed by atoms with E-state index in [0.717, 1.165) is 0 Å². The number of cyclic esters (lactones) is 1. The fraction of sp³-hybridized carbons (Fsp3) is 0.500. The number of fused-ring (bicyclic) bond motifs is 3. The van der Waals surface area contributed by atoms with Crippen LogP contribution in [0.1, 0.15) is 48.0 Å². The molecule has 0 radical (unpaired) electrons. The molecule has 0 saturated heterocycles. The third-order valence-electron chi connectivity index (χ3n) is 5.14. The van der Waals surface area contributed by atoms with Crippen molar-refractivity contribution in [2.75, 3.05) is 7.11 Å². The van der Waals surface area contributed by atoms with Crippen LogP contribution in [-0.2, 0) is 9.53 Å². The largest absolute Gasteiger partial charge is 0.507 e. The molecule has 146 valence electrons. The lowest BCUT2D eigenvalue weighted by Gasteiger charge is -2.18. The molecule has 0 spiro atoms.